The summed E-state index contributed by atoms with van der Waals surface area (Å²) in [5.74, 6) is -5.49. The van der Waals surface area contributed by atoms with Gasteiger partial charge in [-0.05, 0) is 70.7 Å². The molecule has 332 valence electrons. The lowest BCUT2D eigenvalue weighted by Gasteiger charge is -2.31. The Hall–Kier alpha value is -5.83. The minimum atomic E-state index is -2.23. The van der Waals surface area contributed by atoms with E-state index in [0.29, 0.717) is 44.4 Å². The average molecular weight is 913 g/mol. The number of cyclic esters (lactones) is 2. The van der Waals surface area contributed by atoms with Gasteiger partial charge in [-0.3, -0.25) is 9.59 Å². The third-order valence-corrected chi connectivity index (χ3v) is 17.1. The van der Waals surface area contributed by atoms with Crippen LogP contribution in [0.3, 0.4) is 0 Å². The smallest absolute Gasteiger partial charge is 0.343 e. The monoisotopic (exact) mass is 912 g/mol. The van der Waals surface area contributed by atoms with Crippen LogP contribution in [-0.2, 0) is 56.6 Å². The highest BCUT2D eigenvalue weighted by molar-refractivity contribution is 6.91. The SMILES string of the molecule is CC[C@@]1(O)C(=O)OCc2c1cc1n(c2=O)Cc2c-1nc1c(F)c(F)ccc1c2[Si](C)(C)C.CC[C@@]1(O)C(=O)OCc2c1cc1n(c2=O)Cc2c-1nc1ccc(F)c(F)c1c2[Si](C)(C)C. The molecule has 2 N–H and O–H groups in total. The average Bonchev–Trinajstić information content (AvgIpc) is 3.80. The van der Waals surface area contributed by atoms with Crippen LogP contribution in [-0.4, -0.2) is 57.4 Å². The fourth-order valence-corrected chi connectivity index (χ4v) is 14.1. The molecule has 0 saturated heterocycles. The number of rotatable bonds is 4. The zero-order valence-electron chi connectivity index (χ0n) is 36.4. The molecule has 18 heteroatoms. The number of carbonyl (C=O) groups is 2. The molecule has 4 aliphatic heterocycles. The van der Waals surface area contributed by atoms with Crippen LogP contribution in [0.25, 0.3) is 44.6 Å². The second-order valence-electron chi connectivity index (χ2n) is 18.8. The van der Waals surface area contributed by atoms with E-state index in [0.717, 1.165) is 22.9 Å². The Balaban J connectivity index is 0.000000162. The first-order valence-corrected chi connectivity index (χ1v) is 27.9. The molecule has 2 aromatic carbocycles. The molecule has 0 fully saturated rings. The second-order valence-corrected chi connectivity index (χ2v) is 28.8. The maximum atomic E-state index is 15.0. The molecule has 4 aromatic heterocycles. The fraction of sp³-hybridized carbons (Fsp3) is 0.348. The summed E-state index contributed by atoms with van der Waals surface area (Å²) in [6, 6.07) is 8.35. The zero-order chi connectivity index (χ0) is 46.3. The van der Waals surface area contributed by atoms with Crippen molar-refractivity contribution in [3.05, 3.63) is 114 Å². The predicted molar refractivity (Wildman–Crippen MR) is 235 cm³/mol. The van der Waals surface area contributed by atoms with E-state index in [1.54, 1.807) is 32.0 Å². The molecular formula is C46H44F4N4O8Si2. The van der Waals surface area contributed by atoms with E-state index in [2.05, 4.69) is 29.6 Å². The minimum Gasteiger partial charge on any atom is -0.458 e. The molecule has 2 atom stereocenters. The van der Waals surface area contributed by atoms with Gasteiger partial charge in [0.2, 0.25) is 0 Å². The number of hydrogen-bond acceptors (Lipinski definition) is 10. The number of carbonyl (C=O) groups excluding carboxylic acids is 2. The van der Waals surface area contributed by atoms with Crippen LogP contribution < -0.4 is 21.5 Å². The predicted octanol–water partition coefficient (Wildman–Crippen LogP) is 5.81. The van der Waals surface area contributed by atoms with Crippen molar-refractivity contribution in [3.8, 4) is 22.8 Å². The Kier molecular flexibility index (Phi) is 9.73. The summed E-state index contributed by atoms with van der Waals surface area (Å²) < 4.78 is 71.2. The van der Waals surface area contributed by atoms with Crippen molar-refractivity contribution in [1.82, 2.24) is 19.1 Å². The molecule has 0 spiro atoms. The Labute approximate surface area is 365 Å². The summed E-state index contributed by atoms with van der Waals surface area (Å²) in [5, 5.41) is 24.3. The molecule has 4 aliphatic rings. The molecule has 0 aliphatic carbocycles. The van der Waals surface area contributed by atoms with Crippen molar-refractivity contribution in [2.75, 3.05) is 0 Å². The van der Waals surface area contributed by atoms with Crippen LogP contribution in [0.5, 0.6) is 0 Å². The van der Waals surface area contributed by atoms with Crippen LogP contribution in [0, 0.1) is 23.3 Å². The third-order valence-electron chi connectivity index (χ3n) is 13.0. The number of fused-ring (bicyclic) bond motifs is 10. The lowest BCUT2D eigenvalue weighted by atomic mass is 9.86. The Bertz CT molecular complexity index is 3250. The van der Waals surface area contributed by atoms with Gasteiger partial charge in [-0.1, -0.05) is 53.1 Å². The van der Waals surface area contributed by atoms with Crippen LogP contribution in [0.4, 0.5) is 17.6 Å². The van der Waals surface area contributed by atoms with Crippen LogP contribution >= 0.6 is 0 Å². The van der Waals surface area contributed by atoms with Gasteiger partial charge in [-0.25, -0.2) is 37.1 Å². The minimum absolute atomic E-state index is 0.0275. The number of aromatic nitrogens is 4. The van der Waals surface area contributed by atoms with E-state index in [9.17, 15) is 47.0 Å². The maximum Gasteiger partial charge on any atom is 0.343 e. The molecule has 0 bridgehead atoms. The van der Waals surface area contributed by atoms with Gasteiger partial charge in [-0.2, -0.15) is 0 Å². The molecule has 12 nitrogen and oxygen atoms in total. The number of ether oxygens (including phenoxy) is 2. The first-order chi connectivity index (χ1) is 30.0. The largest absolute Gasteiger partial charge is 0.458 e. The van der Waals surface area contributed by atoms with Crippen LogP contribution in [0.15, 0.2) is 46.0 Å². The van der Waals surface area contributed by atoms with Gasteiger partial charge < -0.3 is 28.8 Å². The molecular weight excluding hydrogens is 869 g/mol. The van der Waals surface area contributed by atoms with E-state index in [4.69, 9.17) is 9.47 Å². The number of pyridine rings is 4. The lowest BCUT2D eigenvalue weighted by Crippen LogP contribution is -2.44. The van der Waals surface area contributed by atoms with Crippen LogP contribution in [0.2, 0.25) is 39.3 Å². The van der Waals surface area contributed by atoms with E-state index in [1.165, 1.54) is 15.2 Å². The highest BCUT2D eigenvalue weighted by Crippen LogP contribution is 2.41. The Morgan fingerprint density at radius 2 is 1.09 bits per heavy atom. The third kappa shape index (κ3) is 6.05. The molecule has 0 radical (unpaired) electrons. The van der Waals surface area contributed by atoms with Crippen molar-refractivity contribution in [2.45, 2.75) is 103 Å². The van der Waals surface area contributed by atoms with E-state index < -0.39 is 62.6 Å². The summed E-state index contributed by atoms with van der Waals surface area (Å²) in [4.78, 5) is 60.5. The summed E-state index contributed by atoms with van der Waals surface area (Å²) in [6.07, 6.45) is 0.0735. The van der Waals surface area contributed by atoms with Crippen molar-refractivity contribution in [2.24, 2.45) is 0 Å². The number of hydrogen-bond donors (Lipinski definition) is 2. The molecule has 64 heavy (non-hydrogen) atoms. The summed E-state index contributed by atoms with van der Waals surface area (Å²) >= 11 is 0. The van der Waals surface area contributed by atoms with Crippen molar-refractivity contribution in [1.29, 1.82) is 0 Å². The first-order valence-electron chi connectivity index (χ1n) is 20.9. The Morgan fingerprint density at radius 1 is 0.641 bits per heavy atom. The lowest BCUT2D eigenvalue weighted by molar-refractivity contribution is -0.172. The highest BCUT2D eigenvalue weighted by atomic mass is 28.3. The van der Waals surface area contributed by atoms with Gasteiger partial charge in [0.25, 0.3) is 11.1 Å². The summed E-state index contributed by atoms with van der Waals surface area (Å²) in [7, 11) is -4.34. The van der Waals surface area contributed by atoms with E-state index >= 15 is 0 Å². The first kappa shape index (κ1) is 43.4. The van der Waals surface area contributed by atoms with Crippen molar-refractivity contribution < 1.29 is 46.8 Å². The fourth-order valence-electron chi connectivity index (χ4n) is 9.88. The number of esters is 2. The second kappa shape index (κ2) is 14.3. The summed E-state index contributed by atoms with van der Waals surface area (Å²) in [6.45, 7) is 15.6. The molecule has 8 heterocycles. The standard InChI is InChI=1S/2C23H22F2N2O4Si/c1-5-23(30)13-8-16-19-11(9-27(16)21(28)12(13)10-31-22(23)29)20(32(2,3)4)17-15(26-19)7-6-14(24)18(17)25;1-5-23(30)14-8-16-18-12(9-27(16)21(28)13(14)10-31-22(23)29)20(32(2,3)4)11-6-7-15(24)17(25)19(11)26-18/h2*6-8,30H,5,9-10H2,1-4H3/t2*23-/m00/s1. The van der Waals surface area contributed by atoms with Gasteiger partial charge >= 0.3 is 11.9 Å². The number of aliphatic hydroxyl groups is 2. The maximum absolute atomic E-state index is 15.0. The topological polar surface area (TPSA) is 163 Å². The molecule has 10 rings (SSSR count). The molecule has 0 saturated carbocycles. The van der Waals surface area contributed by atoms with Gasteiger partial charge in [0, 0.05) is 21.9 Å². The van der Waals surface area contributed by atoms with E-state index in [1.807, 2.05) is 19.6 Å². The molecule has 0 amide bonds. The number of benzene rings is 2. The number of nitrogens with zero attached hydrogens (tertiary/aromatic N) is 4. The van der Waals surface area contributed by atoms with Gasteiger partial charge in [0.05, 0.1) is 68.7 Å². The zero-order valence-corrected chi connectivity index (χ0v) is 38.4. The van der Waals surface area contributed by atoms with Crippen molar-refractivity contribution >= 4 is 60.3 Å². The molecule has 6 aromatic rings. The highest BCUT2D eigenvalue weighted by Gasteiger charge is 2.47. The van der Waals surface area contributed by atoms with Crippen LogP contribution in [0.1, 0.15) is 60.1 Å². The molecule has 0 unspecified atom stereocenters. The van der Waals surface area contributed by atoms with Gasteiger partial charge in [-0.15, -0.1) is 0 Å². The quantitative estimate of drug-likeness (QED) is 0.125. The number of halogens is 4. The summed E-state index contributed by atoms with van der Waals surface area (Å²) in [5.41, 5.74) is -0.320. The van der Waals surface area contributed by atoms with Gasteiger partial charge in [0.15, 0.2) is 34.5 Å². The van der Waals surface area contributed by atoms with E-state index in [-0.39, 0.29) is 83.4 Å². The normalized spacial score (nSPS) is 19.5. The van der Waals surface area contributed by atoms with Gasteiger partial charge in [0.1, 0.15) is 18.7 Å². The van der Waals surface area contributed by atoms with Crippen molar-refractivity contribution in [3.63, 3.8) is 0 Å². The Morgan fingerprint density at radius 3 is 1.58 bits per heavy atom.